The summed E-state index contributed by atoms with van der Waals surface area (Å²) in [5.41, 5.74) is 0.772. The van der Waals surface area contributed by atoms with Crippen LogP contribution in [0.2, 0.25) is 0 Å². The number of rotatable bonds is 4. The van der Waals surface area contributed by atoms with Crippen molar-refractivity contribution in [2.75, 3.05) is 40.3 Å². The van der Waals surface area contributed by atoms with E-state index in [0.29, 0.717) is 6.54 Å². The lowest BCUT2D eigenvalue weighted by molar-refractivity contribution is -0.142. The first-order valence-electron chi connectivity index (χ1n) is 9.93. The van der Waals surface area contributed by atoms with E-state index in [4.69, 9.17) is 0 Å². The molecule has 0 N–H and O–H groups in total. The molecule has 0 bridgehead atoms. The highest BCUT2D eigenvalue weighted by atomic mass is 16.2. The first kappa shape index (κ1) is 19.9. The number of likely N-dealkylation sites (tertiary alicyclic amines) is 2. The molecule has 2 aliphatic rings. The van der Waals surface area contributed by atoms with E-state index in [9.17, 15) is 9.59 Å². The number of fused-ring (bicyclic) bond motifs is 1. The zero-order valence-electron chi connectivity index (χ0n) is 17.3. The lowest BCUT2D eigenvalue weighted by Gasteiger charge is -2.35. The molecule has 0 saturated carbocycles. The van der Waals surface area contributed by atoms with Gasteiger partial charge in [-0.3, -0.25) is 19.2 Å². The third kappa shape index (κ3) is 3.88. The van der Waals surface area contributed by atoms with Crippen LogP contribution in [-0.4, -0.2) is 76.6 Å². The molecule has 1 aromatic heterocycles. The number of carbonyl (C=O) groups excluding carboxylic acids is 2. The minimum atomic E-state index is -0.391. The van der Waals surface area contributed by atoms with Crippen LogP contribution in [0.4, 0.5) is 0 Å². The van der Waals surface area contributed by atoms with Gasteiger partial charge in [-0.05, 0) is 12.8 Å². The van der Waals surface area contributed by atoms with E-state index in [1.807, 2.05) is 57.0 Å². The van der Waals surface area contributed by atoms with Gasteiger partial charge in [-0.2, -0.15) is 5.10 Å². The van der Waals surface area contributed by atoms with Gasteiger partial charge in [0.15, 0.2) is 0 Å². The fraction of sp³-hybridized carbons (Fsp3) is 0.750. The van der Waals surface area contributed by atoms with Crippen LogP contribution in [0.15, 0.2) is 12.4 Å². The molecule has 2 fully saturated rings. The van der Waals surface area contributed by atoms with E-state index in [-0.39, 0.29) is 23.7 Å². The molecule has 2 atom stereocenters. The van der Waals surface area contributed by atoms with Gasteiger partial charge in [-0.15, -0.1) is 0 Å². The monoisotopic (exact) mass is 375 g/mol. The van der Waals surface area contributed by atoms with Gasteiger partial charge in [0.25, 0.3) is 0 Å². The summed E-state index contributed by atoms with van der Waals surface area (Å²) in [6.45, 7) is 7.75. The van der Waals surface area contributed by atoms with Gasteiger partial charge in [0, 0.05) is 77.5 Å². The quantitative estimate of drug-likeness (QED) is 0.794. The zero-order chi connectivity index (χ0) is 19.8. The largest absolute Gasteiger partial charge is 0.348 e. The minimum Gasteiger partial charge on any atom is -0.348 e. The Hall–Kier alpha value is -1.89. The smallest absolute Gasteiger partial charge is 0.229 e. The molecule has 0 aliphatic carbocycles. The Balaban J connectivity index is 1.84. The molecular formula is C20H33N5O2. The number of aromatic nitrogens is 2. The molecule has 0 spiro atoms. The van der Waals surface area contributed by atoms with Crippen LogP contribution in [0.25, 0.3) is 0 Å². The van der Waals surface area contributed by atoms with Crippen molar-refractivity contribution in [1.29, 1.82) is 0 Å². The van der Waals surface area contributed by atoms with Crippen molar-refractivity contribution in [1.82, 2.24) is 24.5 Å². The second-order valence-electron chi connectivity index (χ2n) is 8.79. The number of aryl methyl sites for hydroxylation is 1. The van der Waals surface area contributed by atoms with Gasteiger partial charge >= 0.3 is 0 Å². The van der Waals surface area contributed by atoms with E-state index >= 15 is 0 Å². The zero-order valence-corrected chi connectivity index (χ0v) is 17.3. The number of hydrogen-bond acceptors (Lipinski definition) is 4. The van der Waals surface area contributed by atoms with Crippen LogP contribution in [0.1, 0.15) is 32.3 Å². The highest BCUT2D eigenvalue weighted by Crippen LogP contribution is 2.44. The van der Waals surface area contributed by atoms with Gasteiger partial charge in [-0.25, -0.2) is 0 Å². The molecule has 150 valence electrons. The maximum Gasteiger partial charge on any atom is 0.229 e. The van der Waals surface area contributed by atoms with Crippen molar-refractivity contribution in [3.8, 4) is 0 Å². The molecule has 2 aliphatic heterocycles. The summed E-state index contributed by atoms with van der Waals surface area (Å²) < 4.78 is 1.81. The van der Waals surface area contributed by atoms with E-state index in [2.05, 4.69) is 10.00 Å². The molecule has 2 amide bonds. The van der Waals surface area contributed by atoms with E-state index in [0.717, 1.165) is 44.6 Å². The molecular weight excluding hydrogens is 342 g/mol. The second kappa shape index (κ2) is 7.62. The van der Waals surface area contributed by atoms with E-state index in [1.165, 1.54) is 0 Å². The Morgan fingerprint density at radius 1 is 1.33 bits per heavy atom. The molecule has 7 nitrogen and oxygen atoms in total. The van der Waals surface area contributed by atoms with Gasteiger partial charge in [0.1, 0.15) is 0 Å². The predicted molar refractivity (Wildman–Crippen MR) is 104 cm³/mol. The van der Waals surface area contributed by atoms with Crippen molar-refractivity contribution in [3.63, 3.8) is 0 Å². The van der Waals surface area contributed by atoms with Crippen molar-refractivity contribution in [3.05, 3.63) is 18.0 Å². The maximum atomic E-state index is 13.2. The first-order chi connectivity index (χ1) is 12.7. The third-order valence-electron chi connectivity index (χ3n) is 6.06. The van der Waals surface area contributed by atoms with E-state index < -0.39 is 5.41 Å². The average Bonchev–Trinajstić information content (AvgIpc) is 3.11. The van der Waals surface area contributed by atoms with Crippen LogP contribution in [0.5, 0.6) is 0 Å². The molecule has 0 aromatic carbocycles. The van der Waals surface area contributed by atoms with Crippen LogP contribution in [0.3, 0.4) is 0 Å². The Labute approximate surface area is 162 Å². The normalized spacial score (nSPS) is 26.1. The molecule has 2 saturated heterocycles. The van der Waals surface area contributed by atoms with Gasteiger partial charge in [0.05, 0.1) is 11.6 Å². The minimum absolute atomic E-state index is 0.00468. The lowest BCUT2D eigenvalue weighted by Crippen LogP contribution is -2.48. The van der Waals surface area contributed by atoms with Crippen LogP contribution >= 0.6 is 0 Å². The molecule has 0 radical (unpaired) electrons. The Morgan fingerprint density at radius 2 is 2.07 bits per heavy atom. The van der Waals surface area contributed by atoms with Crippen molar-refractivity contribution >= 4 is 11.8 Å². The van der Waals surface area contributed by atoms with Gasteiger partial charge in [0.2, 0.25) is 11.8 Å². The second-order valence-corrected chi connectivity index (χ2v) is 8.79. The molecule has 0 unspecified atom stereocenters. The average molecular weight is 376 g/mol. The summed E-state index contributed by atoms with van der Waals surface area (Å²) in [6.07, 6.45) is 5.65. The van der Waals surface area contributed by atoms with Crippen molar-refractivity contribution in [2.45, 2.75) is 33.2 Å². The van der Waals surface area contributed by atoms with Crippen LogP contribution in [-0.2, 0) is 23.2 Å². The molecule has 3 heterocycles. The Kier molecular flexibility index (Phi) is 5.60. The summed E-state index contributed by atoms with van der Waals surface area (Å²) in [5.74, 6) is 0.582. The summed E-state index contributed by atoms with van der Waals surface area (Å²) in [4.78, 5) is 32.0. The summed E-state index contributed by atoms with van der Waals surface area (Å²) in [6, 6.07) is 0. The maximum absolute atomic E-state index is 13.2. The fourth-order valence-electron chi connectivity index (χ4n) is 4.83. The topological polar surface area (TPSA) is 61.7 Å². The number of hydrogen-bond donors (Lipinski definition) is 0. The standard InChI is InChI=1S/C20H33N5O2/c1-15(2)18(26)25-8-6-7-20(19(27)22(3)4)14-24(12-17(20)13-25)11-16-9-21-23(5)10-16/h9-10,15,17H,6-8,11-14H2,1-5H3/t17-,20+/m1/s1. The molecule has 7 heteroatoms. The lowest BCUT2D eigenvalue weighted by atomic mass is 9.74. The molecule has 1 aromatic rings. The highest BCUT2D eigenvalue weighted by molar-refractivity contribution is 5.84. The number of amides is 2. The van der Waals surface area contributed by atoms with Crippen LogP contribution in [0, 0.1) is 17.3 Å². The third-order valence-corrected chi connectivity index (χ3v) is 6.06. The van der Waals surface area contributed by atoms with Crippen molar-refractivity contribution < 1.29 is 9.59 Å². The summed E-state index contributed by atoms with van der Waals surface area (Å²) >= 11 is 0. The van der Waals surface area contributed by atoms with Crippen LogP contribution < -0.4 is 0 Å². The molecule has 27 heavy (non-hydrogen) atoms. The fourth-order valence-corrected chi connectivity index (χ4v) is 4.83. The van der Waals surface area contributed by atoms with Crippen molar-refractivity contribution in [2.24, 2.45) is 24.3 Å². The van der Waals surface area contributed by atoms with Gasteiger partial charge in [-0.1, -0.05) is 13.8 Å². The number of carbonyl (C=O) groups is 2. The predicted octanol–water partition coefficient (Wildman–Crippen LogP) is 1.20. The summed E-state index contributed by atoms with van der Waals surface area (Å²) in [5, 5.41) is 4.26. The Morgan fingerprint density at radius 3 is 2.67 bits per heavy atom. The molecule has 3 rings (SSSR count). The first-order valence-corrected chi connectivity index (χ1v) is 9.93. The summed E-state index contributed by atoms with van der Waals surface area (Å²) in [7, 11) is 5.61. The van der Waals surface area contributed by atoms with Gasteiger partial charge < -0.3 is 9.80 Å². The number of nitrogens with zero attached hydrogens (tertiary/aromatic N) is 5. The SMILES string of the molecule is CC(C)C(=O)N1CCC[C@]2(C(=O)N(C)C)CN(Cc3cnn(C)c3)C[C@@H]2C1. The van der Waals surface area contributed by atoms with E-state index in [1.54, 1.807) is 4.90 Å². The highest BCUT2D eigenvalue weighted by Gasteiger charge is 2.53. The Bertz CT molecular complexity index is 698.